The molecule has 396 valence electrons. The fraction of sp³-hybridized carbons (Fsp3) is 0.522. The number of ether oxygens (including phenoxy) is 4. The lowest BCUT2D eigenvalue weighted by Gasteiger charge is -2.37. The minimum Gasteiger partial charge on any atom is -0.493 e. The van der Waals surface area contributed by atoms with Crippen LogP contribution in [-0.2, 0) is 61.3 Å². The van der Waals surface area contributed by atoms with E-state index in [1.54, 1.807) is 33.2 Å². The molecule has 0 atom stereocenters. The summed E-state index contributed by atoms with van der Waals surface area (Å²) in [6, 6.07) is 9.02. The van der Waals surface area contributed by atoms with E-state index < -0.39 is 25.1 Å². The lowest BCUT2D eigenvalue weighted by atomic mass is 10.1. The molecule has 6 heterocycles. The molecule has 0 unspecified atom stereocenters. The first-order valence-corrected chi connectivity index (χ1v) is 26.9. The maximum Gasteiger partial charge on any atom is 0.294 e. The zero-order chi connectivity index (χ0) is 52.6. The summed E-state index contributed by atoms with van der Waals surface area (Å²) in [5.41, 5.74) is 3.06. The number of benzene rings is 2. The van der Waals surface area contributed by atoms with Crippen LogP contribution in [0.5, 0.6) is 11.5 Å². The maximum absolute atomic E-state index is 13.3. The third-order valence-electron chi connectivity index (χ3n) is 11.9. The van der Waals surface area contributed by atoms with Crippen LogP contribution in [-0.4, -0.2) is 153 Å². The van der Waals surface area contributed by atoms with E-state index in [4.69, 9.17) is 24.1 Å². The number of sulfonamides is 2. The molecule has 73 heavy (non-hydrogen) atoms. The van der Waals surface area contributed by atoms with Crippen molar-refractivity contribution in [2.24, 2.45) is 14.1 Å². The van der Waals surface area contributed by atoms with Crippen molar-refractivity contribution in [1.82, 2.24) is 48.1 Å². The van der Waals surface area contributed by atoms with Crippen LogP contribution in [0.15, 0.2) is 55.8 Å². The second-order valence-corrected chi connectivity index (χ2v) is 21.0. The first kappa shape index (κ1) is 54.4. The van der Waals surface area contributed by atoms with E-state index in [2.05, 4.69) is 35.0 Å². The quantitative estimate of drug-likeness (QED) is 0.0445. The Morgan fingerprint density at radius 3 is 1.49 bits per heavy atom. The van der Waals surface area contributed by atoms with E-state index in [0.717, 1.165) is 12.8 Å². The monoisotopic (exact) mass is 1060 g/mol. The predicted octanol–water partition coefficient (Wildman–Crippen LogP) is 3.11. The molecule has 27 heteroatoms. The molecule has 3 N–H and O–H groups in total. The van der Waals surface area contributed by atoms with Crippen LogP contribution in [0.25, 0.3) is 44.8 Å². The summed E-state index contributed by atoms with van der Waals surface area (Å²) in [4.78, 5) is 55.2. The minimum atomic E-state index is -3.86. The Hall–Kier alpha value is -6.36. The van der Waals surface area contributed by atoms with Crippen molar-refractivity contribution in [3.8, 4) is 34.3 Å². The Morgan fingerprint density at radius 2 is 1.11 bits per heavy atom. The van der Waals surface area contributed by atoms with Gasteiger partial charge in [-0.3, -0.25) is 19.0 Å². The van der Waals surface area contributed by atoms with Gasteiger partial charge in [0, 0.05) is 60.1 Å². The molecule has 2 fully saturated rings. The average molecular weight is 1060 g/mol. The number of hydrogen-bond acceptors (Lipinski definition) is 18. The van der Waals surface area contributed by atoms with E-state index >= 15 is 0 Å². The molecule has 0 spiro atoms. The Labute approximate surface area is 420 Å². The summed E-state index contributed by atoms with van der Waals surface area (Å²) < 4.78 is 81.4. The number of aliphatic hydroxyl groups excluding tert-OH is 1. The molecule has 4 aromatic heterocycles. The summed E-state index contributed by atoms with van der Waals surface area (Å²) in [6.07, 6.45) is 3.29. The first-order valence-electron chi connectivity index (χ1n) is 24.0. The van der Waals surface area contributed by atoms with E-state index in [1.807, 2.05) is 20.8 Å². The van der Waals surface area contributed by atoms with Crippen molar-refractivity contribution < 1.29 is 50.8 Å². The number of aliphatic hydroxyl groups is 1. The second-order valence-electron chi connectivity index (χ2n) is 17.2. The van der Waals surface area contributed by atoms with Gasteiger partial charge in [0.15, 0.2) is 11.0 Å². The SMILES string of the molecule is CCCc1nn(C)c2c(=O)[nH]c(-c3cc(S(=O)(=O)N4CC(OCCCO)C4)ccc3OCC)nc12.CCCc1nn(C)c2c(=O)[nH]c(-c3cc(S(=O)(=O)N4CC(OCCCO[N+](=O)[O-])C4)ccc3OCC)nc12. The fourth-order valence-electron chi connectivity index (χ4n) is 8.30. The van der Waals surface area contributed by atoms with Gasteiger partial charge >= 0.3 is 0 Å². The van der Waals surface area contributed by atoms with Crippen molar-refractivity contribution in [2.75, 3.05) is 65.8 Å². The van der Waals surface area contributed by atoms with Crippen molar-refractivity contribution in [2.45, 2.75) is 88.2 Å². The summed E-state index contributed by atoms with van der Waals surface area (Å²) in [6.45, 7) is 9.69. The Balaban J connectivity index is 0.000000214. The molecule has 0 radical (unpaired) electrons. The largest absolute Gasteiger partial charge is 0.493 e. The molecule has 0 bridgehead atoms. The van der Waals surface area contributed by atoms with Gasteiger partial charge in [-0.1, -0.05) is 26.7 Å². The van der Waals surface area contributed by atoms with Crippen molar-refractivity contribution in [1.29, 1.82) is 0 Å². The van der Waals surface area contributed by atoms with E-state index in [1.165, 1.54) is 42.2 Å². The van der Waals surface area contributed by atoms with Gasteiger partial charge in [0.25, 0.3) is 16.2 Å². The number of hydrogen-bond donors (Lipinski definition) is 3. The van der Waals surface area contributed by atoms with Crippen LogP contribution >= 0.6 is 0 Å². The summed E-state index contributed by atoms with van der Waals surface area (Å²) in [7, 11) is -4.26. The number of nitrogens with one attached hydrogen (secondary N) is 2. The standard InChI is InChI=1S/C23H30N6O8S.C23H31N5O6S/c1-4-7-18-20-21(27(3)26-18)23(30)25-22(24-20)17-12-16(8-9-19(17)35-5-2)38(33,34)28-13-15(14-28)36-10-6-11-37-29(31)32;1-4-7-18-20-21(27(3)26-18)23(30)25-22(24-20)17-12-16(8-9-19(17)33-5-2)35(31,32)28-13-15(14-28)34-11-6-10-29/h8-9,12,15H,4-7,10-11,13-14H2,1-3H3,(H,24,25,30);8-9,12,15,29H,4-7,10-11,13-14H2,1-3H3,(H,24,25,30). The van der Waals surface area contributed by atoms with Gasteiger partial charge in [0.1, 0.15) is 34.2 Å². The highest BCUT2D eigenvalue weighted by Crippen LogP contribution is 2.35. The summed E-state index contributed by atoms with van der Waals surface area (Å²) >= 11 is 0. The average Bonchev–Trinajstić information content (AvgIpc) is 3.82. The fourth-order valence-corrected chi connectivity index (χ4v) is 11.4. The number of aromatic amines is 2. The smallest absolute Gasteiger partial charge is 0.294 e. The van der Waals surface area contributed by atoms with Crippen molar-refractivity contribution in [3.05, 3.63) is 78.6 Å². The van der Waals surface area contributed by atoms with Crippen LogP contribution in [0.1, 0.15) is 64.8 Å². The molecule has 2 aromatic carbocycles. The summed E-state index contributed by atoms with van der Waals surface area (Å²) in [5.74, 6) is 1.22. The van der Waals surface area contributed by atoms with Gasteiger partial charge in [-0.25, -0.2) is 26.8 Å². The number of fused-ring (bicyclic) bond motifs is 2. The number of H-pyrrole nitrogens is 2. The molecule has 8 rings (SSSR count). The van der Waals surface area contributed by atoms with Gasteiger partial charge in [-0.15, -0.1) is 10.1 Å². The molecular weight excluding hydrogens is 995 g/mol. The van der Waals surface area contributed by atoms with Crippen molar-refractivity contribution in [3.63, 3.8) is 0 Å². The first-order chi connectivity index (χ1) is 34.9. The molecule has 0 saturated carbocycles. The van der Waals surface area contributed by atoms with Gasteiger partial charge in [0.2, 0.25) is 20.0 Å². The maximum atomic E-state index is 13.3. The van der Waals surface area contributed by atoms with Gasteiger partial charge in [-0.05, 0) is 75.9 Å². The normalized spacial score (nSPS) is 14.7. The Bertz CT molecular complexity index is 3270. The van der Waals surface area contributed by atoms with Crippen molar-refractivity contribution >= 4 is 42.1 Å². The molecule has 2 aliphatic heterocycles. The van der Waals surface area contributed by atoms with Crippen LogP contribution in [0.4, 0.5) is 0 Å². The zero-order valence-electron chi connectivity index (χ0n) is 41.5. The van der Waals surface area contributed by atoms with Gasteiger partial charge in [0.05, 0.1) is 64.3 Å². The third kappa shape index (κ3) is 12.0. The van der Waals surface area contributed by atoms with Crippen LogP contribution in [0.2, 0.25) is 0 Å². The van der Waals surface area contributed by atoms with E-state index in [9.17, 15) is 36.5 Å². The Kier molecular flexibility index (Phi) is 17.6. The molecule has 25 nitrogen and oxygen atoms in total. The highest BCUT2D eigenvalue weighted by molar-refractivity contribution is 7.89. The summed E-state index contributed by atoms with van der Waals surface area (Å²) in [5, 5.41) is 27.1. The molecule has 0 aliphatic carbocycles. The molecule has 2 aliphatic rings. The van der Waals surface area contributed by atoms with E-state index in [0.29, 0.717) is 102 Å². The highest BCUT2D eigenvalue weighted by atomic mass is 32.2. The van der Waals surface area contributed by atoms with Crippen LogP contribution in [0.3, 0.4) is 0 Å². The molecule has 2 saturated heterocycles. The van der Waals surface area contributed by atoms with Crippen LogP contribution < -0.4 is 20.6 Å². The van der Waals surface area contributed by atoms with Gasteiger partial charge in [-0.2, -0.15) is 18.8 Å². The lowest BCUT2D eigenvalue weighted by molar-refractivity contribution is -0.757. The topological polar surface area (TPSA) is 311 Å². The number of rotatable bonds is 24. The molecular formula is C46H61N11O14S2. The number of aromatic nitrogens is 8. The minimum absolute atomic E-state index is 0.0245. The van der Waals surface area contributed by atoms with Gasteiger partial charge < -0.3 is 38.9 Å². The molecule has 0 amide bonds. The van der Waals surface area contributed by atoms with Crippen LogP contribution in [0, 0.1) is 10.1 Å². The zero-order valence-corrected chi connectivity index (χ0v) is 43.2. The molecule has 6 aromatic rings. The van der Waals surface area contributed by atoms with E-state index in [-0.39, 0.29) is 90.8 Å². The number of nitrogens with zero attached hydrogens (tertiary/aromatic N) is 9. The number of aryl methyl sites for hydroxylation is 4. The third-order valence-corrected chi connectivity index (χ3v) is 15.6. The predicted molar refractivity (Wildman–Crippen MR) is 266 cm³/mol. The highest BCUT2D eigenvalue weighted by Gasteiger charge is 2.39. The second kappa shape index (κ2) is 23.7. The Morgan fingerprint density at radius 1 is 0.685 bits per heavy atom. The lowest BCUT2D eigenvalue weighted by Crippen LogP contribution is -2.54.